The Hall–Kier alpha value is -0.400. The van der Waals surface area contributed by atoms with Crippen molar-refractivity contribution in [2.75, 3.05) is 0 Å². The maximum atomic E-state index is 12.2. The van der Waals surface area contributed by atoms with Crippen LogP contribution in [0.5, 0.6) is 0 Å². The van der Waals surface area contributed by atoms with Gasteiger partial charge in [-0.05, 0) is 0 Å². The van der Waals surface area contributed by atoms with Gasteiger partial charge in [0.1, 0.15) is 0 Å². The van der Waals surface area contributed by atoms with Crippen LogP contribution in [-0.2, 0) is 8.87 Å². The molecule has 0 saturated heterocycles. The first-order valence-electron chi connectivity index (χ1n) is 3.30. The van der Waals surface area contributed by atoms with Crippen molar-refractivity contribution in [1.29, 1.82) is 0 Å². The van der Waals surface area contributed by atoms with Crippen LogP contribution in [0.3, 0.4) is 0 Å². The van der Waals surface area contributed by atoms with Crippen LogP contribution in [0.1, 0.15) is 0 Å². The third-order valence-corrected chi connectivity index (χ3v) is 4.62. The molecule has 0 aliphatic rings. The van der Waals surface area contributed by atoms with Crippen molar-refractivity contribution in [1.82, 2.24) is 0 Å². The van der Waals surface area contributed by atoms with Gasteiger partial charge in [0, 0.05) is 0 Å². The summed E-state index contributed by atoms with van der Waals surface area (Å²) < 4.78 is 138. The van der Waals surface area contributed by atoms with Crippen LogP contribution in [0.4, 0.5) is 43.9 Å². The van der Waals surface area contributed by atoms with E-state index >= 15 is 0 Å². The maximum Gasteiger partial charge on any atom is 0.470 e. The SMILES string of the molecule is O=S(=O)(SC(F)(F)C(F)(F)F)C(F)(F)C(F)(F)F. The minimum atomic E-state index is -7.17. The third-order valence-electron chi connectivity index (χ3n) is 1.19. The molecule has 0 bridgehead atoms. The fourth-order valence-corrected chi connectivity index (χ4v) is 2.84. The van der Waals surface area contributed by atoms with E-state index in [1.165, 1.54) is 0 Å². The summed E-state index contributed by atoms with van der Waals surface area (Å²) in [6.45, 7) is 0. The Labute approximate surface area is 95.6 Å². The lowest BCUT2D eigenvalue weighted by Crippen LogP contribution is -2.45. The lowest BCUT2D eigenvalue weighted by Gasteiger charge is -2.23. The molecular weight excluding hydrogens is 334 g/mol. The minimum Gasteiger partial charge on any atom is -0.211 e. The van der Waals surface area contributed by atoms with Crippen molar-refractivity contribution in [3.8, 4) is 0 Å². The van der Waals surface area contributed by atoms with E-state index in [0.29, 0.717) is 0 Å². The minimum absolute atomic E-state index is 2.81. The fourth-order valence-electron chi connectivity index (χ4n) is 0.379. The Balaban J connectivity index is 5.49. The molecule has 0 saturated carbocycles. The van der Waals surface area contributed by atoms with Gasteiger partial charge in [-0.15, -0.1) is 0 Å². The highest BCUT2D eigenvalue weighted by molar-refractivity contribution is 8.72. The van der Waals surface area contributed by atoms with Gasteiger partial charge < -0.3 is 0 Å². The van der Waals surface area contributed by atoms with Crippen LogP contribution >= 0.6 is 10.8 Å². The smallest absolute Gasteiger partial charge is 0.211 e. The largest absolute Gasteiger partial charge is 0.470 e. The first-order chi connectivity index (χ1) is 7.46. The lowest BCUT2D eigenvalue weighted by atomic mass is 10.7. The fraction of sp³-hybridized carbons (Fsp3) is 1.00. The molecule has 0 aliphatic carbocycles. The predicted octanol–water partition coefficient (Wildman–Crippen LogP) is 3.36. The average Bonchev–Trinajstić information content (AvgIpc) is 1.96. The van der Waals surface area contributed by atoms with Crippen LogP contribution in [0, 0.1) is 0 Å². The molecule has 0 spiro atoms. The van der Waals surface area contributed by atoms with Gasteiger partial charge in [0.05, 0.1) is 10.8 Å². The molecule has 0 heterocycles. The number of rotatable bonds is 3. The van der Waals surface area contributed by atoms with Crippen LogP contribution < -0.4 is 0 Å². The zero-order valence-electron chi connectivity index (χ0n) is 7.41. The molecule has 0 amide bonds. The summed E-state index contributed by atoms with van der Waals surface area (Å²) >= 11 is 0. The molecule has 110 valence electrons. The quantitative estimate of drug-likeness (QED) is 0.586. The Bertz CT molecular complexity index is 403. The van der Waals surface area contributed by atoms with Gasteiger partial charge in [-0.25, -0.2) is 8.42 Å². The van der Waals surface area contributed by atoms with Gasteiger partial charge in [0.15, 0.2) is 0 Å². The summed E-state index contributed by atoms with van der Waals surface area (Å²) in [5, 5.41) is -13.0. The van der Waals surface area contributed by atoms with E-state index in [9.17, 15) is 52.3 Å². The second kappa shape index (κ2) is 4.31. The number of alkyl halides is 10. The van der Waals surface area contributed by atoms with Gasteiger partial charge >= 0.3 is 22.9 Å². The Morgan fingerprint density at radius 3 is 1.22 bits per heavy atom. The first-order valence-corrected chi connectivity index (χ1v) is 6.11. The van der Waals surface area contributed by atoms with E-state index in [2.05, 4.69) is 0 Å². The average molecular weight is 334 g/mol. The molecule has 0 radical (unpaired) electrons. The monoisotopic (exact) mass is 334 g/mol. The molecule has 0 aromatic heterocycles. The summed E-state index contributed by atoms with van der Waals surface area (Å²) in [5.41, 5.74) is 0. The standard InChI is InChI=1S/C4F10O2S2/c5-1(6,7)3(11,12)17-18(15,16)4(13,14)2(8,9)10. The second-order valence-electron chi connectivity index (χ2n) is 2.57. The predicted molar refractivity (Wildman–Crippen MR) is 38.5 cm³/mol. The van der Waals surface area contributed by atoms with Crippen molar-refractivity contribution >= 4 is 19.7 Å². The summed E-state index contributed by atoms with van der Waals surface area (Å²) in [6, 6.07) is 0. The van der Waals surface area contributed by atoms with Crippen LogP contribution in [0.15, 0.2) is 0 Å². The van der Waals surface area contributed by atoms with Gasteiger partial charge in [-0.2, -0.15) is 43.9 Å². The van der Waals surface area contributed by atoms with E-state index in [1.807, 2.05) is 0 Å². The number of halogens is 10. The number of hydrogen-bond acceptors (Lipinski definition) is 3. The first kappa shape index (κ1) is 17.6. The summed E-state index contributed by atoms with van der Waals surface area (Å²) in [4.78, 5) is 0. The molecule has 0 unspecified atom stereocenters. The molecule has 2 nitrogen and oxygen atoms in total. The van der Waals surface area contributed by atoms with Gasteiger partial charge in [0.2, 0.25) is 0 Å². The topological polar surface area (TPSA) is 34.1 Å². The van der Waals surface area contributed by atoms with Crippen molar-refractivity contribution in [2.45, 2.75) is 22.9 Å². The molecule has 18 heavy (non-hydrogen) atoms. The van der Waals surface area contributed by atoms with Crippen LogP contribution in [0.2, 0.25) is 0 Å². The van der Waals surface area contributed by atoms with Crippen LogP contribution in [-0.4, -0.2) is 31.3 Å². The molecular formula is C4F10O2S2. The van der Waals surface area contributed by atoms with Gasteiger partial charge in [-0.1, -0.05) is 0 Å². The zero-order chi connectivity index (χ0) is 15.2. The Kier molecular flexibility index (Phi) is 4.22. The van der Waals surface area contributed by atoms with Gasteiger partial charge in [-0.3, -0.25) is 0 Å². The molecule has 0 rings (SSSR count). The Morgan fingerprint density at radius 2 is 1.00 bits per heavy atom. The molecule has 0 aliphatic heterocycles. The maximum absolute atomic E-state index is 12.2. The van der Waals surface area contributed by atoms with E-state index in [0.717, 1.165) is 0 Å². The second-order valence-corrected chi connectivity index (χ2v) is 6.48. The van der Waals surface area contributed by atoms with Crippen molar-refractivity contribution in [3.05, 3.63) is 0 Å². The lowest BCUT2D eigenvalue weighted by molar-refractivity contribution is -0.242. The van der Waals surface area contributed by atoms with Crippen molar-refractivity contribution in [3.63, 3.8) is 0 Å². The van der Waals surface area contributed by atoms with E-state index in [1.54, 1.807) is 0 Å². The summed E-state index contributed by atoms with van der Waals surface area (Å²) in [6.07, 6.45) is -13.4. The molecule has 0 atom stereocenters. The summed E-state index contributed by atoms with van der Waals surface area (Å²) in [5.74, 6) is 0. The number of hydrogen-bond donors (Lipinski definition) is 0. The third kappa shape index (κ3) is 3.13. The summed E-state index contributed by atoms with van der Waals surface area (Å²) in [7, 11) is -9.98. The molecule has 0 aromatic rings. The van der Waals surface area contributed by atoms with Gasteiger partial charge in [0.25, 0.3) is 8.87 Å². The van der Waals surface area contributed by atoms with Crippen molar-refractivity contribution in [2.24, 2.45) is 0 Å². The molecule has 0 fully saturated rings. The van der Waals surface area contributed by atoms with Crippen molar-refractivity contribution < 1.29 is 52.3 Å². The molecule has 0 aromatic carbocycles. The highest BCUT2D eigenvalue weighted by Crippen LogP contribution is 2.53. The molecule has 0 N–H and O–H groups in total. The van der Waals surface area contributed by atoms with E-state index in [-0.39, 0.29) is 0 Å². The highest BCUT2D eigenvalue weighted by atomic mass is 33.1. The highest BCUT2D eigenvalue weighted by Gasteiger charge is 2.72. The van der Waals surface area contributed by atoms with E-state index < -0.39 is 42.5 Å². The zero-order valence-corrected chi connectivity index (χ0v) is 9.05. The molecule has 14 heteroatoms. The Morgan fingerprint density at radius 1 is 0.667 bits per heavy atom. The normalized spacial score (nSPS) is 15.9. The van der Waals surface area contributed by atoms with Crippen LogP contribution in [0.25, 0.3) is 0 Å². The van der Waals surface area contributed by atoms with E-state index in [4.69, 9.17) is 0 Å².